The van der Waals surface area contributed by atoms with Crippen LogP contribution in [0.4, 0.5) is 18.9 Å². The van der Waals surface area contributed by atoms with Crippen LogP contribution in [0.1, 0.15) is 26.3 Å². The molecular formula is C22H18F3N3O5S. The third-order valence-electron chi connectivity index (χ3n) is 4.47. The summed E-state index contributed by atoms with van der Waals surface area (Å²) in [5.74, 6) is -1.01. The summed E-state index contributed by atoms with van der Waals surface area (Å²) >= 11 is 0. The number of ether oxygens (including phenoxy) is 1. The predicted octanol–water partition coefficient (Wildman–Crippen LogP) is 3.59. The van der Waals surface area contributed by atoms with Gasteiger partial charge in [-0.25, -0.2) is 8.42 Å². The van der Waals surface area contributed by atoms with Crippen LogP contribution in [0.2, 0.25) is 0 Å². The Hall–Kier alpha value is -4.06. The number of methoxy groups -OCH3 is 1. The Morgan fingerprint density at radius 1 is 0.824 bits per heavy atom. The molecule has 3 aromatic rings. The van der Waals surface area contributed by atoms with Crippen molar-refractivity contribution in [2.45, 2.75) is 11.1 Å². The molecule has 8 nitrogen and oxygen atoms in total. The average Bonchev–Trinajstić information content (AvgIpc) is 2.81. The van der Waals surface area contributed by atoms with Crippen molar-refractivity contribution < 1.29 is 35.9 Å². The van der Waals surface area contributed by atoms with Crippen molar-refractivity contribution in [3.05, 3.63) is 89.5 Å². The third kappa shape index (κ3) is 6.04. The number of carbonyl (C=O) groups is 2. The van der Waals surface area contributed by atoms with E-state index in [4.69, 9.17) is 4.74 Å². The van der Waals surface area contributed by atoms with Crippen LogP contribution in [-0.2, 0) is 16.2 Å². The molecule has 0 aliphatic carbocycles. The third-order valence-corrected chi connectivity index (χ3v) is 5.85. The Bertz CT molecular complexity index is 1330. The van der Waals surface area contributed by atoms with E-state index < -0.39 is 33.6 Å². The lowest BCUT2D eigenvalue weighted by atomic mass is 10.2. The van der Waals surface area contributed by atoms with E-state index in [1.165, 1.54) is 37.4 Å². The first-order chi connectivity index (χ1) is 16.0. The van der Waals surface area contributed by atoms with Gasteiger partial charge in [-0.2, -0.15) is 13.2 Å². The minimum Gasteiger partial charge on any atom is -0.497 e. The molecule has 0 aliphatic heterocycles. The van der Waals surface area contributed by atoms with Gasteiger partial charge in [0.25, 0.3) is 21.8 Å². The second-order valence-corrected chi connectivity index (χ2v) is 8.53. The van der Waals surface area contributed by atoms with Gasteiger partial charge in [-0.15, -0.1) is 0 Å². The molecule has 0 spiro atoms. The number of hydrazine groups is 1. The fourth-order valence-corrected chi connectivity index (χ4v) is 3.89. The van der Waals surface area contributed by atoms with Crippen LogP contribution < -0.4 is 20.3 Å². The van der Waals surface area contributed by atoms with Crippen molar-refractivity contribution in [1.29, 1.82) is 0 Å². The van der Waals surface area contributed by atoms with Crippen LogP contribution in [0.3, 0.4) is 0 Å². The Kier molecular flexibility index (Phi) is 7.11. The molecule has 0 bridgehead atoms. The number of nitrogens with one attached hydrogen (secondary N) is 3. The summed E-state index contributed by atoms with van der Waals surface area (Å²) in [6.07, 6.45) is -4.64. The molecule has 0 atom stereocenters. The van der Waals surface area contributed by atoms with Gasteiger partial charge >= 0.3 is 6.18 Å². The zero-order valence-corrected chi connectivity index (χ0v) is 18.3. The highest BCUT2D eigenvalue weighted by atomic mass is 32.2. The molecule has 0 heterocycles. The topological polar surface area (TPSA) is 114 Å². The molecular weight excluding hydrogens is 475 g/mol. The highest BCUT2D eigenvalue weighted by molar-refractivity contribution is 7.92. The van der Waals surface area contributed by atoms with Crippen LogP contribution in [0.25, 0.3) is 0 Å². The summed E-state index contributed by atoms with van der Waals surface area (Å²) in [5, 5.41) is 0. The van der Waals surface area contributed by atoms with Crippen LogP contribution in [0, 0.1) is 0 Å². The molecule has 0 saturated carbocycles. The van der Waals surface area contributed by atoms with Gasteiger partial charge in [-0.05, 0) is 54.6 Å². The molecule has 178 valence electrons. The van der Waals surface area contributed by atoms with Crippen LogP contribution >= 0.6 is 0 Å². The largest absolute Gasteiger partial charge is 0.497 e. The van der Waals surface area contributed by atoms with Crippen LogP contribution in [-0.4, -0.2) is 27.3 Å². The molecule has 0 aromatic heterocycles. The SMILES string of the molecule is COc1cccc(C(=O)NNC(=O)c2cccc(S(=O)(=O)Nc3cccc(C(F)(F)F)c3)c2)c1. The fourth-order valence-electron chi connectivity index (χ4n) is 2.80. The lowest BCUT2D eigenvalue weighted by molar-refractivity contribution is -0.137. The molecule has 3 N–H and O–H groups in total. The first-order valence-corrected chi connectivity index (χ1v) is 11.0. The van der Waals surface area contributed by atoms with Gasteiger partial charge in [0, 0.05) is 16.8 Å². The predicted molar refractivity (Wildman–Crippen MR) is 117 cm³/mol. The summed E-state index contributed by atoms with van der Waals surface area (Å²) < 4.78 is 71.0. The molecule has 0 unspecified atom stereocenters. The van der Waals surface area contributed by atoms with Gasteiger partial charge in [0.1, 0.15) is 5.75 Å². The van der Waals surface area contributed by atoms with Crippen molar-refractivity contribution in [2.75, 3.05) is 11.8 Å². The number of alkyl halides is 3. The fraction of sp³-hybridized carbons (Fsp3) is 0.0909. The van der Waals surface area contributed by atoms with Crippen LogP contribution in [0.5, 0.6) is 5.75 Å². The Labute approximate surface area is 192 Å². The maximum absolute atomic E-state index is 12.9. The minimum atomic E-state index is -4.64. The second-order valence-electron chi connectivity index (χ2n) is 6.85. The Balaban J connectivity index is 1.72. The van der Waals surface area contributed by atoms with E-state index >= 15 is 0 Å². The van der Waals surface area contributed by atoms with E-state index in [1.807, 2.05) is 0 Å². The monoisotopic (exact) mass is 493 g/mol. The number of rotatable bonds is 6. The van der Waals surface area contributed by atoms with Crippen molar-refractivity contribution >= 4 is 27.5 Å². The van der Waals surface area contributed by atoms with Gasteiger partial charge in [0.15, 0.2) is 0 Å². The van der Waals surface area contributed by atoms with E-state index in [1.54, 1.807) is 12.1 Å². The molecule has 0 saturated heterocycles. The van der Waals surface area contributed by atoms with Gasteiger partial charge in [-0.3, -0.25) is 25.2 Å². The Morgan fingerprint density at radius 3 is 2.03 bits per heavy atom. The van der Waals surface area contributed by atoms with Crippen molar-refractivity contribution in [3.8, 4) is 5.75 Å². The number of carbonyl (C=O) groups excluding carboxylic acids is 2. The average molecular weight is 493 g/mol. The van der Waals surface area contributed by atoms with E-state index in [0.29, 0.717) is 11.8 Å². The lowest BCUT2D eigenvalue weighted by Crippen LogP contribution is -2.41. The maximum Gasteiger partial charge on any atom is 0.416 e. The van der Waals surface area contributed by atoms with Crippen molar-refractivity contribution in [2.24, 2.45) is 0 Å². The van der Waals surface area contributed by atoms with Crippen LogP contribution in [0.15, 0.2) is 77.7 Å². The summed E-state index contributed by atoms with van der Waals surface area (Å²) in [5.41, 5.74) is 3.15. The molecule has 34 heavy (non-hydrogen) atoms. The molecule has 0 radical (unpaired) electrons. The minimum absolute atomic E-state index is 0.113. The van der Waals surface area contributed by atoms with Crippen molar-refractivity contribution in [1.82, 2.24) is 10.9 Å². The first-order valence-electron chi connectivity index (χ1n) is 9.54. The highest BCUT2D eigenvalue weighted by Crippen LogP contribution is 2.31. The van der Waals surface area contributed by atoms with Gasteiger partial charge < -0.3 is 4.74 Å². The number of hydrogen-bond donors (Lipinski definition) is 3. The molecule has 12 heteroatoms. The molecule has 0 fully saturated rings. The number of amides is 2. The summed E-state index contributed by atoms with van der Waals surface area (Å²) in [7, 11) is -2.88. The Morgan fingerprint density at radius 2 is 1.41 bits per heavy atom. The smallest absolute Gasteiger partial charge is 0.416 e. The number of sulfonamides is 1. The van der Waals surface area contributed by atoms with Gasteiger partial charge in [0.05, 0.1) is 17.6 Å². The number of benzene rings is 3. The second kappa shape index (κ2) is 9.83. The van der Waals surface area contributed by atoms with E-state index in [9.17, 15) is 31.2 Å². The molecule has 0 aliphatic rings. The quantitative estimate of drug-likeness (QED) is 0.454. The zero-order valence-electron chi connectivity index (χ0n) is 17.5. The number of hydrogen-bond acceptors (Lipinski definition) is 5. The van der Waals surface area contributed by atoms with E-state index in [2.05, 4.69) is 15.6 Å². The first kappa shape index (κ1) is 24.6. The molecule has 3 aromatic carbocycles. The zero-order chi connectivity index (χ0) is 24.9. The number of halogens is 3. The molecule has 2 amide bonds. The standard InChI is InChI=1S/C22H18F3N3O5S/c1-33-18-9-2-5-14(11-18)20(29)26-27-21(30)15-6-3-10-19(12-15)34(31,32)28-17-8-4-7-16(13-17)22(23,24)25/h2-13,28H,1H3,(H,26,29)(H,27,30). The normalized spacial score (nSPS) is 11.4. The van der Waals surface area contributed by atoms with Crippen molar-refractivity contribution in [3.63, 3.8) is 0 Å². The number of anilines is 1. The van der Waals surface area contributed by atoms with E-state index in [-0.39, 0.29) is 21.7 Å². The van der Waals surface area contributed by atoms with E-state index in [0.717, 1.165) is 24.3 Å². The molecule has 3 rings (SSSR count). The summed E-state index contributed by atoms with van der Waals surface area (Å²) in [6.45, 7) is 0. The maximum atomic E-state index is 12.9. The van der Waals surface area contributed by atoms with Gasteiger partial charge in [0.2, 0.25) is 0 Å². The lowest BCUT2D eigenvalue weighted by Gasteiger charge is -2.12. The van der Waals surface area contributed by atoms with Gasteiger partial charge in [-0.1, -0.05) is 18.2 Å². The highest BCUT2D eigenvalue weighted by Gasteiger charge is 2.30. The summed E-state index contributed by atoms with van der Waals surface area (Å²) in [4.78, 5) is 24.2. The summed E-state index contributed by atoms with van der Waals surface area (Å²) in [6, 6.07) is 14.6.